The number of nitrogens with zero attached hydrogens (tertiary/aromatic N) is 4. The summed E-state index contributed by atoms with van der Waals surface area (Å²) in [5, 5.41) is 9.53. The molecule has 144 valence electrons. The Morgan fingerprint density at radius 1 is 0.786 bits per heavy atom. The van der Waals surface area contributed by atoms with Crippen molar-refractivity contribution in [2.45, 2.75) is 12.1 Å². The summed E-state index contributed by atoms with van der Waals surface area (Å²) < 4.78 is 15.7. The third kappa shape index (κ3) is 2.72. The molecule has 2 aliphatic heterocycles. The summed E-state index contributed by atoms with van der Waals surface area (Å²) in [4.78, 5) is 27.1. The molecule has 1 fully saturated rings. The van der Waals surface area contributed by atoms with Gasteiger partial charge in [-0.05, 0) is 24.3 Å². The lowest BCUT2D eigenvalue weighted by molar-refractivity contribution is -0.121. The number of hydrogen-bond donors (Lipinski definition) is 0. The summed E-state index contributed by atoms with van der Waals surface area (Å²) in [5.41, 5.74) is 1.01. The average Bonchev–Trinajstić information content (AvgIpc) is 3.28. The van der Waals surface area contributed by atoms with Crippen molar-refractivity contribution in [2.75, 3.05) is 31.2 Å². The van der Waals surface area contributed by atoms with E-state index in [1.54, 1.807) is 49.6 Å². The highest BCUT2D eigenvalue weighted by Gasteiger charge is 2.55. The molecule has 1 saturated heterocycles. The van der Waals surface area contributed by atoms with Crippen LogP contribution in [0.15, 0.2) is 52.8 Å². The molecule has 2 atom stereocenters. The van der Waals surface area contributed by atoms with Gasteiger partial charge in [0.1, 0.15) is 17.2 Å². The normalized spacial score (nSPS) is 20.5. The SMILES string of the molecule is COc1ccc(N2C(=O)[C@@H]3[C@@H](N=NN3c3cc(OC)cc(OC)c3)C2=O)cc1. The Kier molecular flexibility index (Phi) is 4.34. The summed E-state index contributed by atoms with van der Waals surface area (Å²) in [7, 11) is 4.61. The lowest BCUT2D eigenvalue weighted by Crippen LogP contribution is -2.39. The molecule has 2 aromatic rings. The minimum absolute atomic E-state index is 0.396. The van der Waals surface area contributed by atoms with Gasteiger partial charge >= 0.3 is 0 Å². The van der Waals surface area contributed by atoms with Gasteiger partial charge in [-0.2, -0.15) is 5.11 Å². The van der Waals surface area contributed by atoms with Gasteiger partial charge in [-0.3, -0.25) is 9.59 Å². The van der Waals surface area contributed by atoms with Crippen LogP contribution >= 0.6 is 0 Å². The quantitative estimate of drug-likeness (QED) is 0.736. The molecule has 0 saturated carbocycles. The minimum atomic E-state index is -0.896. The summed E-state index contributed by atoms with van der Waals surface area (Å²) in [5.74, 6) is 0.898. The van der Waals surface area contributed by atoms with Gasteiger partial charge in [0, 0.05) is 18.2 Å². The maximum Gasteiger partial charge on any atom is 0.263 e. The standard InChI is InChI=1S/C19H18N4O5/c1-26-13-6-4-11(5-7-13)22-18(24)16-17(19(22)25)23(21-20-16)12-8-14(27-2)10-15(9-12)28-3/h4-10,16-17H,1-3H3/t16-,17+/m1/s1. The van der Waals surface area contributed by atoms with E-state index in [1.165, 1.54) is 19.2 Å². The smallest absolute Gasteiger partial charge is 0.263 e. The molecule has 0 radical (unpaired) electrons. The number of benzene rings is 2. The van der Waals surface area contributed by atoms with Crippen molar-refractivity contribution in [1.82, 2.24) is 0 Å². The monoisotopic (exact) mass is 382 g/mol. The third-order valence-corrected chi connectivity index (χ3v) is 4.71. The molecule has 28 heavy (non-hydrogen) atoms. The molecule has 9 heteroatoms. The molecule has 2 amide bonds. The Hall–Kier alpha value is -3.62. The molecule has 0 unspecified atom stereocenters. The van der Waals surface area contributed by atoms with Crippen LogP contribution in [-0.4, -0.2) is 45.2 Å². The highest BCUT2D eigenvalue weighted by atomic mass is 16.5. The molecule has 0 aromatic heterocycles. The molecule has 0 spiro atoms. The second-order valence-corrected chi connectivity index (χ2v) is 6.22. The first-order valence-corrected chi connectivity index (χ1v) is 8.52. The van der Waals surface area contributed by atoms with E-state index in [2.05, 4.69) is 10.3 Å². The topological polar surface area (TPSA) is 93.0 Å². The zero-order chi connectivity index (χ0) is 19.8. The second kappa shape index (κ2) is 6.84. The Morgan fingerprint density at radius 2 is 1.39 bits per heavy atom. The number of amides is 2. The first-order valence-electron chi connectivity index (χ1n) is 8.52. The molecule has 2 aliphatic rings. The largest absolute Gasteiger partial charge is 0.497 e. The predicted molar refractivity (Wildman–Crippen MR) is 99.9 cm³/mol. The molecule has 2 aromatic carbocycles. The van der Waals surface area contributed by atoms with Crippen LogP contribution in [0.4, 0.5) is 11.4 Å². The van der Waals surface area contributed by atoms with Crippen LogP contribution < -0.4 is 24.1 Å². The Bertz CT molecular complexity index is 937. The Balaban J connectivity index is 1.68. The Morgan fingerprint density at radius 3 is 1.96 bits per heavy atom. The van der Waals surface area contributed by atoms with Crippen molar-refractivity contribution >= 4 is 23.2 Å². The van der Waals surface area contributed by atoms with Crippen LogP contribution in [0.3, 0.4) is 0 Å². The van der Waals surface area contributed by atoms with E-state index in [0.29, 0.717) is 28.6 Å². The van der Waals surface area contributed by atoms with Gasteiger partial charge in [-0.25, -0.2) is 9.91 Å². The fourth-order valence-electron chi connectivity index (χ4n) is 3.28. The number of fused-ring (bicyclic) bond motifs is 1. The lowest BCUT2D eigenvalue weighted by Gasteiger charge is -2.21. The fraction of sp³-hybridized carbons (Fsp3) is 0.263. The first kappa shape index (κ1) is 17.8. The minimum Gasteiger partial charge on any atom is -0.497 e. The van der Waals surface area contributed by atoms with Crippen molar-refractivity contribution in [3.05, 3.63) is 42.5 Å². The molecular formula is C19H18N4O5. The van der Waals surface area contributed by atoms with Gasteiger partial charge in [0.25, 0.3) is 11.8 Å². The van der Waals surface area contributed by atoms with Crippen LogP contribution in [0.2, 0.25) is 0 Å². The number of carbonyl (C=O) groups excluding carboxylic acids is 2. The third-order valence-electron chi connectivity index (χ3n) is 4.71. The predicted octanol–water partition coefficient (Wildman–Crippen LogP) is 2.21. The van der Waals surface area contributed by atoms with Crippen molar-refractivity contribution < 1.29 is 23.8 Å². The van der Waals surface area contributed by atoms with Gasteiger partial charge in [0.15, 0.2) is 12.1 Å². The van der Waals surface area contributed by atoms with Crippen molar-refractivity contribution in [1.29, 1.82) is 0 Å². The number of imide groups is 1. The van der Waals surface area contributed by atoms with Gasteiger partial charge < -0.3 is 14.2 Å². The molecule has 0 aliphatic carbocycles. The number of anilines is 2. The summed E-state index contributed by atoms with van der Waals surface area (Å²) in [6.45, 7) is 0. The van der Waals surface area contributed by atoms with Crippen LogP contribution in [0.5, 0.6) is 17.2 Å². The van der Waals surface area contributed by atoms with Crippen LogP contribution in [0.1, 0.15) is 0 Å². The molecule has 4 rings (SSSR count). The van der Waals surface area contributed by atoms with Crippen molar-refractivity contribution in [3.8, 4) is 17.2 Å². The van der Waals surface area contributed by atoms with Gasteiger partial charge in [0.05, 0.1) is 32.7 Å². The first-order chi connectivity index (χ1) is 13.6. The summed E-state index contributed by atoms with van der Waals surface area (Å²) >= 11 is 0. The molecule has 9 nitrogen and oxygen atoms in total. The van der Waals surface area contributed by atoms with Gasteiger partial charge in [0.2, 0.25) is 0 Å². The van der Waals surface area contributed by atoms with Gasteiger partial charge in [-0.15, -0.1) is 0 Å². The van der Waals surface area contributed by atoms with E-state index in [1.807, 2.05) is 0 Å². The zero-order valence-electron chi connectivity index (χ0n) is 15.5. The number of hydrogen-bond acceptors (Lipinski definition) is 8. The highest BCUT2D eigenvalue weighted by molar-refractivity contribution is 6.26. The van der Waals surface area contributed by atoms with E-state index in [-0.39, 0.29) is 0 Å². The van der Waals surface area contributed by atoms with E-state index in [0.717, 1.165) is 4.90 Å². The van der Waals surface area contributed by atoms with Crippen molar-refractivity contribution in [2.24, 2.45) is 10.3 Å². The number of ether oxygens (including phenoxy) is 3. The van der Waals surface area contributed by atoms with E-state index in [4.69, 9.17) is 14.2 Å². The maximum absolute atomic E-state index is 13.1. The van der Waals surface area contributed by atoms with E-state index < -0.39 is 23.9 Å². The zero-order valence-corrected chi connectivity index (χ0v) is 15.5. The Labute approximate surface area is 161 Å². The lowest BCUT2D eigenvalue weighted by atomic mass is 10.1. The highest BCUT2D eigenvalue weighted by Crippen LogP contribution is 2.37. The summed E-state index contributed by atoms with van der Waals surface area (Å²) in [6, 6.07) is 10.1. The fourth-order valence-corrected chi connectivity index (χ4v) is 3.28. The number of rotatable bonds is 5. The average molecular weight is 382 g/mol. The van der Waals surface area contributed by atoms with E-state index in [9.17, 15) is 9.59 Å². The van der Waals surface area contributed by atoms with Crippen LogP contribution in [0.25, 0.3) is 0 Å². The summed E-state index contributed by atoms with van der Waals surface area (Å²) in [6.07, 6.45) is 0. The second-order valence-electron chi connectivity index (χ2n) is 6.22. The molecular weight excluding hydrogens is 364 g/mol. The van der Waals surface area contributed by atoms with Crippen LogP contribution in [0, 0.1) is 0 Å². The van der Waals surface area contributed by atoms with Crippen molar-refractivity contribution in [3.63, 3.8) is 0 Å². The van der Waals surface area contributed by atoms with Gasteiger partial charge in [-0.1, -0.05) is 5.22 Å². The molecule has 0 bridgehead atoms. The van der Waals surface area contributed by atoms with E-state index >= 15 is 0 Å². The maximum atomic E-state index is 13.1. The number of carbonyl (C=O) groups is 2. The molecule has 2 heterocycles. The number of methoxy groups -OCH3 is 3. The van der Waals surface area contributed by atoms with Crippen LogP contribution in [-0.2, 0) is 9.59 Å². The molecule has 0 N–H and O–H groups in total.